The zero-order valence-corrected chi connectivity index (χ0v) is 16.8. The van der Waals surface area contributed by atoms with Gasteiger partial charge in [0.15, 0.2) is 29.6 Å². The van der Waals surface area contributed by atoms with Crippen molar-refractivity contribution in [2.75, 3.05) is 6.61 Å². The molecule has 1 unspecified atom stereocenters. The molecule has 3 heterocycles. The summed E-state index contributed by atoms with van der Waals surface area (Å²) in [6.07, 6.45) is -10.4. The van der Waals surface area contributed by atoms with Crippen LogP contribution in [-0.4, -0.2) is 62.3 Å². The van der Waals surface area contributed by atoms with Crippen LogP contribution >= 0.6 is 0 Å². The van der Waals surface area contributed by atoms with E-state index in [9.17, 15) is 32.3 Å². The number of hydrogen-bond donors (Lipinski definition) is 1. The van der Waals surface area contributed by atoms with Crippen molar-refractivity contribution in [1.82, 2.24) is 19.5 Å². The van der Waals surface area contributed by atoms with Gasteiger partial charge in [0, 0.05) is 20.8 Å². The van der Waals surface area contributed by atoms with Crippen LogP contribution in [0.5, 0.6) is 0 Å². The summed E-state index contributed by atoms with van der Waals surface area (Å²) >= 11 is 0. The van der Waals surface area contributed by atoms with Gasteiger partial charge in [-0.05, 0) is 0 Å². The minimum Gasteiger partial charge on any atom is -0.463 e. The second-order valence-corrected chi connectivity index (χ2v) is 6.72. The van der Waals surface area contributed by atoms with Gasteiger partial charge in [-0.2, -0.15) is 13.2 Å². The Bertz CT molecular complexity index is 1110. The van der Waals surface area contributed by atoms with Crippen molar-refractivity contribution >= 4 is 29.1 Å². The van der Waals surface area contributed by atoms with Crippen LogP contribution in [0.2, 0.25) is 0 Å². The summed E-state index contributed by atoms with van der Waals surface area (Å²) < 4.78 is 62.5. The van der Waals surface area contributed by atoms with Gasteiger partial charge in [-0.15, -0.1) is 0 Å². The largest absolute Gasteiger partial charge is 0.463 e. The Hall–Kier alpha value is -3.49. The van der Waals surface area contributed by atoms with Crippen LogP contribution in [0, 0.1) is 0 Å². The number of aromatic amines is 1. The monoisotopic (exact) mass is 462 g/mol. The maximum absolute atomic E-state index is 13.8. The van der Waals surface area contributed by atoms with E-state index in [1.165, 1.54) is 0 Å². The molecule has 0 saturated carbocycles. The molecule has 1 aliphatic rings. The van der Waals surface area contributed by atoms with Gasteiger partial charge in [0.25, 0.3) is 5.56 Å². The SMILES string of the molecule is CC(=O)OC[C@H]1O[C@@H](n2c(C(F)(F)F)nc3c(=O)[nH]cnc32)C(OC(C)=O)[C@H]1OC(C)=O. The number of aromatic nitrogens is 4. The fourth-order valence-corrected chi connectivity index (χ4v) is 3.26. The summed E-state index contributed by atoms with van der Waals surface area (Å²) in [5.74, 6) is -4.07. The van der Waals surface area contributed by atoms with Crippen LogP contribution in [0.25, 0.3) is 11.2 Å². The summed E-state index contributed by atoms with van der Waals surface area (Å²) in [4.78, 5) is 55.7. The molecule has 0 amide bonds. The van der Waals surface area contributed by atoms with Crippen LogP contribution in [0.1, 0.15) is 32.8 Å². The molecule has 0 aliphatic carbocycles. The number of hydrogen-bond acceptors (Lipinski definition) is 10. The van der Waals surface area contributed by atoms with Gasteiger partial charge in [0.2, 0.25) is 5.82 Å². The first-order chi connectivity index (χ1) is 14.9. The number of halogens is 3. The molecule has 1 N–H and O–H groups in total. The topological polar surface area (TPSA) is 152 Å². The highest BCUT2D eigenvalue weighted by atomic mass is 19.4. The Labute approximate surface area is 176 Å². The first-order valence-corrected chi connectivity index (χ1v) is 9.06. The van der Waals surface area contributed by atoms with Crippen molar-refractivity contribution in [3.8, 4) is 0 Å². The molecule has 2 aromatic rings. The lowest BCUT2D eigenvalue weighted by atomic mass is 10.1. The van der Waals surface area contributed by atoms with E-state index in [4.69, 9.17) is 18.9 Å². The van der Waals surface area contributed by atoms with Crippen LogP contribution < -0.4 is 5.56 Å². The minimum atomic E-state index is -5.07. The summed E-state index contributed by atoms with van der Waals surface area (Å²) in [6.45, 7) is 2.57. The Balaban J connectivity index is 2.19. The lowest BCUT2D eigenvalue weighted by molar-refractivity contribution is -0.168. The van der Waals surface area contributed by atoms with E-state index < -0.39 is 77.8 Å². The number of carbonyl (C=O) groups excluding carboxylic acids is 3. The van der Waals surface area contributed by atoms with Crippen molar-refractivity contribution in [3.63, 3.8) is 0 Å². The van der Waals surface area contributed by atoms with E-state index in [1.54, 1.807) is 0 Å². The van der Waals surface area contributed by atoms with Gasteiger partial charge in [-0.1, -0.05) is 0 Å². The Morgan fingerprint density at radius 2 is 1.75 bits per heavy atom. The summed E-state index contributed by atoms with van der Waals surface area (Å²) in [6, 6.07) is 0. The van der Waals surface area contributed by atoms with Crippen molar-refractivity contribution in [3.05, 3.63) is 22.5 Å². The van der Waals surface area contributed by atoms with E-state index in [1.807, 2.05) is 0 Å². The zero-order valence-electron chi connectivity index (χ0n) is 16.8. The van der Waals surface area contributed by atoms with Gasteiger partial charge in [-0.3, -0.25) is 23.7 Å². The van der Waals surface area contributed by atoms with Crippen molar-refractivity contribution in [1.29, 1.82) is 0 Å². The molecule has 2 aromatic heterocycles. The molecule has 4 atom stereocenters. The summed E-state index contributed by atoms with van der Waals surface area (Å²) in [5.41, 5.74) is -2.11. The van der Waals surface area contributed by atoms with E-state index in [-0.39, 0.29) is 0 Å². The molecule has 15 heteroatoms. The Kier molecular flexibility index (Phi) is 6.20. The first-order valence-electron chi connectivity index (χ1n) is 9.06. The number of carbonyl (C=O) groups is 3. The first kappa shape index (κ1) is 23.2. The smallest absolute Gasteiger partial charge is 0.449 e. The number of ether oxygens (including phenoxy) is 4. The van der Waals surface area contributed by atoms with Crippen LogP contribution in [0.15, 0.2) is 11.1 Å². The van der Waals surface area contributed by atoms with Crippen molar-refractivity contribution in [2.24, 2.45) is 0 Å². The highest BCUT2D eigenvalue weighted by molar-refractivity contribution is 5.71. The van der Waals surface area contributed by atoms with Gasteiger partial charge in [-0.25, -0.2) is 9.97 Å². The van der Waals surface area contributed by atoms with Crippen LogP contribution in [0.4, 0.5) is 13.2 Å². The number of rotatable bonds is 5. The number of esters is 3. The maximum Gasteiger partial charge on any atom is 0.449 e. The third-order valence-electron chi connectivity index (χ3n) is 4.33. The molecule has 0 bridgehead atoms. The molecule has 174 valence electrons. The molecule has 1 aliphatic heterocycles. The van der Waals surface area contributed by atoms with E-state index >= 15 is 0 Å². The van der Waals surface area contributed by atoms with Gasteiger partial charge >= 0.3 is 24.1 Å². The highest BCUT2D eigenvalue weighted by Crippen LogP contribution is 2.40. The molecule has 3 rings (SSSR count). The zero-order chi connectivity index (χ0) is 23.8. The van der Waals surface area contributed by atoms with Crippen LogP contribution in [-0.2, 0) is 39.5 Å². The Morgan fingerprint density at radius 1 is 1.12 bits per heavy atom. The van der Waals surface area contributed by atoms with Gasteiger partial charge < -0.3 is 23.9 Å². The lowest BCUT2D eigenvalue weighted by Crippen LogP contribution is -2.41. The highest BCUT2D eigenvalue weighted by Gasteiger charge is 2.53. The average molecular weight is 462 g/mol. The standard InChI is InChI=1S/C17H17F3N4O8/c1-6(25)29-4-9-11(30-7(2)26)12(31-8(3)27)15(32-9)24-13-10(14(28)22-5-21-13)23-16(24)17(18,19)20/h5,9,11-12,15H,4H2,1-3H3,(H,21,22,28)/t9-,11+,12?,15-/m1/s1. The molecule has 0 radical (unpaired) electrons. The molecule has 0 spiro atoms. The average Bonchev–Trinajstić information content (AvgIpc) is 3.19. The van der Waals surface area contributed by atoms with Gasteiger partial charge in [0.1, 0.15) is 12.7 Å². The van der Waals surface area contributed by atoms with E-state index in [0.29, 0.717) is 4.57 Å². The molecule has 32 heavy (non-hydrogen) atoms. The third-order valence-corrected chi connectivity index (χ3v) is 4.33. The molecule has 1 saturated heterocycles. The number of nitrogens with one attached hydrogen (secondary N) is 1. The summed E-state index contributed by atoms with van der Waals surface area (Å²) in [5, 5.41) is 0. The summed E-state index contributed by atoms with van der Waals surface area (Å²) in [7, 11) is 0. The number of alkyl halides is 3. The predicted octanol–water partition coefficient (Wildman–Crippen LogP) is 0.462. The second kappa shape index (κ2) is 8.57. The van der Waals surface area contributed by atoms with E-state index in [0.717, 1.165) is 27.1 Å². The Morgan fingerprint density at radius 3 is 2.31 bits per heavy atom. The van der Waals surface area contributed by atoms with E-state index in [2.05, 4.69) is 15.0 Å². The molecular formula is C17H17F3N4O8. The normalized spacial score (nSPS) is 23.2. The number of imidazole rings is 1. The predicted molar refractivity (Wildman–Crippen MR) is 94.8 cm³/mol. The molecule has 0 aromatic carbocycles. The van der Waals surface area contributed by atoms with Crippen LogP contribution in [0.3, 0.4) is 0 Å². The van der Waals surface area contributed by atoms with Gasteiger partial charge in [0.05, 0.1) is 6.33 Å². The molecule has 1 fully saturated rings. The number of fused-ring (bicyclic) bond motifs is 1. The maximum atomic E-state index is 13.8. The quantitative estimate of drug-likeness (QED) is 0.490. The minimum absolute atomic E-state index is 0.433. The van der Waals surface area contributed by atoms with Crippen molar-refractivity contribution < 1.29 is 46.5 Å². The number of nitrogens with zero attached hydrogens (tertiary/aromatic N) is 3. The fourth-order valence-electron chi connectivity index (χ4n) is 3.26. The fraction of sp³-hybridized carbons (Fsp3) is 0.529. The number of H-pyrrole nitrogens is 1. The molecule has 12 nitrogen and oxygen atoms in total. The van der Waals surface area contributed by atoms with Crippen molar-refractivity contribution in [2.45, 2.75) is 51.5 Å². The lowest BCUT2D eigenvalue weighted by Gasteiger charge is -2.24. The second-order valence-electron chi connectivity index (χ2n) is 6.72. The molecular weight excluding hydrogens is 445 g/mol. The third kappa shape index (κ3) is 4.56.